The van der Waals surface area contributed by atoms with E-state index in [1.807, 2.05) is 6.07 Å². The molecule has 3 rings (SSSR count). The van der Waals surface area contributed by atoms with Crippen molar-refractivity contribution in [2.75, 3.05) is 0 Å². The highest BCUT2D eigenvalue weighted by Gasteiger charge is 2.44. The van der Waals surface area contributed by atoms with Crippen molar-refractivity contribution in [3.63, 3.8) is 0 Å². The average molecular weight is 271 g/mol. The van der Waals surface area contributed by atoms with Crippen LogP contribution in [0.25, 0.3) is 0 Å². The third-order valence-electron chi connectivity index (χ3n) is 4.81. The van der Waals surface area contributed by atoms with Crippen LogP contribution < -0.4 is 5.32 Å². The Bertz CT molecular complexity index is 434. The molecule has 0 spiro atoms. The number of carbonyl (C=O) groups is 1. The van der Waals surface area contributed by atoms with E-state index in [1.165, 1.54) is 50.5 Å². The SMILES string of the molecule is O=C(NC1CCCCCCC1)[C@@H]1C[C@@H]1c1ccccc1. The Balaban J connectivity index is 1.50. The van der Waals surface area contributed by atoms with Crippen molar-refractivity contribution in [1.82, 2.24) is 5.32 Å². The van der Waals surface area contributed by atoms with Gasteiger partial charge >= 0.3 is 0 Å². The molecule has 1 aromatic carbocycles. The number of hydrogen-bond acceptors (Lipinski definition) is 1. The maximum absolute atomic E-state index is 12.3. The minimum Gasteiger partial charge on any atom is -0.353 e. The minimum absolute atomic E-state index is 0.225. The zero-order chi connectivity index (χ0) is 13.8. The maximum Gasteiger partial charge on any atom is 0.223 e. The molecule has 108 valence electrons. The predicted molar refractivity (Wildman–Crippen MR) is 81.5 cm³/mol. The van der Waals surface area contributed by atoms with Gasteiger partial charge in [-0.05, 0) is 30.7 Å². The molecule has 0 aromatic heterocycles. The van der Waals surface area contributed by atoms with Crippen LogP contribution in [0, 0.1) is 5.92 Å². The minimum atomic E-state index is 0.225. The second kappa shape index (κ2) is 6.43. The lowest BCUT2D eigenvalue weighted by Crippen LogP contribution is -2.36. The molecule has 2 aliphatic carbocycles. The van der Waals surface area contributed by atoms with Crippen LogP contribution in [0.15, 0.2) is 30.3 Å². The van der Waals surface area contributed by atoms with Gasteiger partial charge in [0.15, 0.2) is 0 Å². The van der Waals surface area contributed by atoms with Gasteiger partial charge in [0, 0.05) is 12.0 Å². The number of benzene rings is 1. The molecule has 2 fully saturated rings. The van der Waals surface area contributed by atoms with Crippen LogP contribution in [0.3, 0.4) is 0 Å². The van der Waals surface area contributed by atoms with Crippen molar-refractivity contribution < 1.29 is 4.79 Å². The van der Waals surface area contributed by atoms with Crippen molar-refractivity contribution in [2.45, 2.75) is 63.3 Å². The van der Waals surface area contributed by atoms with Gasteiger partial charge in [-0.15, -0.1) is 0 Å². The summed E-state index contributed by atoms with van der Waals surface area (Å²) in [7, 11) is 0. The molecular formula is C18H25NO. The summed E-state index contributed by atoms with van der Waals surface area (Å²) in [6.45, 7) is 0. The molecular weight excluding hydrogens is 246 g/mol. The molecule has 20 heavy (non-hydrogen) atoms. The Morgan fingerprint density at radius 2 is 1.60 bits per heavy atom. The molecule has 2 heteroatoms. The predicted octanol–water partition coefficient (Wildman–Crippen LogP) is 4.02. The van der Waals surface area contributed by atoms with E-state index in [-0.39, 0.29) is 5.92 Å². The summed E-state index contributed by atoms with van der Waals surface area (Å²) in [6, 6.07) is 10.9. The van der Waals surface area contributed by atoms with Gasteiger partial charge < -0.3 is 5.32 Å². The summed E-state index contributed by atoms with van der Waals surface area (Å²) >= 11 is 0. The van der Waals surface area contributed by atoms with E-state index in [0.29, 0.717) is 17.9 Å². The first-order valence-corrected chi connectivity index (χ1v) is 8.20. The monoisotopic (exact) mass is 271 g/mol. The zero-order valence-electron chi connectivity index (χ0n) is 12.2. The largest absolute Gasteiger partial charge is 0.353 e. The maximum atomic E-state index is 12.3. The van der Waals surface area contributed by atoms with E-state index in [4.69, 9.17) is 0 Å². The van der Waals surface area contributed by atoms with Crippen LogP contribution >= 0.6 is 0 Å². The molecule has 0 heterocycles. The first-order valence-electron chi connectivity index (χ1n) is 8.20. The summed E-state index contributed by atoms with van der Waals surface area (Å²) < 4.78 is 0. The third-order valence-corrected chi connectivity index (χ3v) is 4.81. The van der Waals surface area contributed by atoms with Crippen molar-refractivity contribution in [3.05, 3.63) is 35.9 Å². The second-order valence-corrected chi connectivity index (χ2v) is 6.41. The van der Waals surface area contributed by atoms with E-state index in [0.717, 1.165) is 6.42 Å². The number of carbonyl (C=O) groups excluding carboxylic acids is 1. The molecule has 1 amide bonds. The lowest BCUT2D eigenvalue weighted by molar-refractivity contribution is -0.123. The van der Waals surface area contributed by atoms with Crippen molar-refractivity contribution >= 4 is 5.91 Å². The van der Waals surface area contributed by atoms with E-state index in [2.05, 4.69) is 29.6 Å². The van der Waals surface area contributed by atoms with Gasteiger partial charge in [-0.2, -0.15) is 0 Å². The highest BCUT2D eigenvalue weighted by atomic mass is 16.2. The molecule has 2 aliphatic rings. The number of hydrogen-bond donors (Lipinski definition) is 1. The van der Waals surface area contributed by atoms with Crippen LogP contribution in [0.5, 0.6) is 0 Å². The van der Waals surface area contributed by atoms with E-state index >= 15 is 0 Å². The number of amides is 1. The zero-order valence-corrected chi connectivity index (χ0v) is 12.2. The van der Waals surface area contributed by atoms with Crippen molar-refractivity contribution in [1.29, 1.82) is 0 Å². The average Bonchev–Trinajstić information content (AvgIpc) is 3.23. The molecule has 0 unspecified atom stereocenters. The Labute approximate surface area is 122 Å². The standard InChI is InChI=1S/C18H25NO/c20-18(19-15-11-7-2-1-3-8-12-15)17-13-16(17)14-9-5-4-6-10-14/h4-6,9-10,15-17H,1-3,7-8,11-13H2,(H,19,20)/t16-,17-/m1/s1. The molecule has 2 nitrogen and oxygen atoms in total. The van der Waals surface area contributed by atoms with Gasteiger partial charge in [0.2, 0.25) is 5.91 Å². The lowest BCUT2D eigenvalue weighted by atomic mass is 9.96. The van der Waals surface area contributed by atoms with Gasteiger partial charge in [0.1, 0.15) is 0 Å². The highest BCUT2D eigenvalue weighted by molar-refractivity contribution is 5.83. The Morgan fingerprint density at radius 1 is 0.950 bits per heavy atom. The quantitative estimate of drug-likeness (QED) is 0.884. The topological polar surface area (TPSA) is 29.1 Å². The van der Waals surface area contributed by atoms with Crippen LogP contribution in [0.2, 0.25) is 0 Å². The van der Waals surface area contributed by atoms with Crippen molar-refractivity contribution in [3.8, 4) is 0 Å². The summed E-state index contributed by atoms with van der Waals surface area (Å²) in [5.74, 6) is 0.983. The van der Waals surface area contributed by atoms with Gasteiger partial charge in [-0.1, -0.05) is 62.4 Å². The number of rotatable bonds is 3. The van der Waals surface area contributed by atoms with Crippen LogP contribution in [-0.2, 0) is 4.79 Å². The highest BCUT2D eigenvalue weighted by Crippen LogP contribution is 2.47. The fourth-order valence-electron chi connectivity index (χ4n) is 3.46. The fraction of sp³-hybridized carbons (Fsp3) is 0.611. The van der Waals surface area contributed by atoms with Gasteiger partial charge in [0.05, 0.1) is 0 Å². The van der Waals surface area contributed by atoms with E-state index in [1.54, 1.807) is 0 Å². The summed E-state index contributed by atoms with van der Waals surface area (Å²) in [4.78, 5) is 12.3. The molecule has 2 atom stereocenters. The van der Waals surface area contributed by atoms with Gasteiger partial charge in [0.25, 0.3) is 0 Å². The summed E-state index contributed by atoms with van der Waals surface area (Å²) in [5, 5.41) is 3.31. The van der Waals surface area contributed by atoms with Gasteiger partial charge in [-0.3, -0.25) is 4.79 Å². The summed E-state index contributed by atoms with van der Waals surface area (Å²) in [5.41, 5.74) is 1.32. The Kier molecular flexibility index (Phi) is 4.39. The van der Waals surface area contributed by atoms with Crippen molar-refractivity contribution in [2.24, 2.45) is 5.92 Å². The Morgan fingerprint density at radius 3 is 2.30 bits per heavy atom. The molecule has 0 radical (unpaired) electrons. The van der Waals surface area contributed by atoms with Crippen LogP contribution in [0.1, 0.15) is 62.8 Å². The third kappa shape index (κ3) is 3.41. The molecule has 0 saturated heterocycles. The van der Waals surface area contributed by atoms with Gasteiger partial charge in [-0.25, -0.2) is 0 Å². The second-order valence-electron chi connectivity index (χ2n) is 6.41. The summed E-state index contributed by atoms with van der Waals surface area (Å²) in [6.07, 6.45) is 9.98. The first-order chi connectivity index (χ1) is 9.84. The van der Waals surface area contributed by atoms with E-state index in [9.17, 15) is 4.79 Å². The molecule has 1 aromatic rings. The number of nitrogens with one attached hydrogen (secondary N) is 1. The molecule has 1 N–H and O–H groups in total. The Hall–Kier alpha value is -1.31. The smallest absolute Gasteiger partial charge is 0.223 e. The molecule has 2 saturated carbocycles. The normalized spacial score (nSPS) is 27.4. The van der Waals surface area contributed by atoms with Crippen LogP contribution in [0.4, 0.5) is 0 Å². The molecule has 0 bridgehead atoms. The lowest BCUT2D eigenvalue weighted by Gasteiger charge is -2.21. The molecule has 0 aliphatic heterocycles. The van der Waals surface area contributed by atoms with Crippen LogP contribution in [-0.4, -0.2) is 11.9 Å². The first kappa shape index (κ1) is 13.7. The van der Waals surface area contributed by atoms with E-state index < -0.39 is 0 Å². The fourth-order valence-corrected chi connectivity index (χ4v) is 3.46.